The van der Waals surface area contributed by atoms with Crippen molar-refractivity contribution < 1.29 is 72.9 Å². The second-order valence-electron chi connectivity index (χ2n) is 23.8. The SMILES string of the molecule is CC(=O)O.CSCCC(NC(=O)C(N)CS)C(=O)N1CCCC1C(=O)NC(CC(C)C)C(=O)NC(Cc1cnc[nH]1)C(=O)NC(CO)C(=O)NC(CCCN=C(N)N)C(=O)NC(C(=O)N1CCCC1C(=O)NC(Cc1ccccc1)C(=O)N1CCCC1C(=O)O)C(C)C. The van der Waals surface area contributed by atoms with E-state index in [0.717, 1.165) is 6.92 Å². The Balaban J connectivity index is 0.00000447. The first kappa shape index (κ1) is 77.4. The van der Waals surface area contributed by atoms with Crippen LogP contribution in [-0.2, 0) is 70.4 Å². The van der Waals surface area contributed by atoms with Gasteiger partial charge in [0, 0.05) is 63.6 Å². The van der Waals surface area contributed by atoms with Crippen LogP contribution in [-0.4, -0.2) is 234 Å². The fraction of sp³-hybridized carbons (Fsp3) is 0.633. The minimum Gasteiger partial charge on any atom is -0.481 e. The highest BCUT2D eigenvalue weighted by atomic mass is 32.2. The van der Waals surface area contributed by atoms with Gasteiger partial charge < -0.3 is 89.4 Å². The number of nitrogens with zero attached hydrogens (tertiary/aromatic N) is 5. The van der Waals surface area contributed by atoms with E-state index in [0.29, 0.717) is 36.3 Å². The first-order valence-corrected chi connectivity index (χ1v) is 33.1. The van der Waals surface area contributed by atoms with E-state index in [1.165, 1.54) is 39.0 Å². The summed E-state index contributed by atoms with van der Waals surface area (Å²) in [4.78, 5) is 177. The molecule has 4 heterocycles. The van der Waals surface area contributed by atoms with E-state index in [1.807, 2.05) is 20.1 Å². The number of thiol groups is 1. The average molecular weight is 1340 g/mol. The largest absolute Gasteiger partial charge is 0.481 e. The molecular formula is C60H94N16O15S2. The van der Waals surface area contributed by atoms with Crippen LogP contribution < -0.4 is 54.4 Å². The van der Waals surface area contributed by atoms with Crippen molar-refractivity contribution in [2.75, 3.05) is 50.5 Å². The topological polar surface area (TPSA) is 479 Å². The minimum atomic E-state index is -1.74. The number of benzene rings is 1. The monoisotopic (exact) mass is 1340 g/mol. The Bertz CT molecular complexity index is 2880. The molecule has 3 aliphatic rings. The van der Waals surface area contributed by atoms with E-state index in [9.17, 15) is 63.0 Å². The van der Waals surface area contributed by atoms with Gasteiger partial charge in [0.2, 0.25) is 59.1 Å². The quantitative estimate of drug-likeness (QED) is 0.0149. The molecule has 31 nitrogen and oxygen atoms in total. The zero-order valence-electron chi connectivity index (χ0n) is 53.5. The van der Waals surface area contributed by atoms with E-state index in [1.54, 1.807) is 44.2 Å². The summed E-state index contributed by atoms with van der Waals surface area (Å²) in [5.41, 5.74) is 18.1. The lowest BCUT2D eigenvalue weighted by atomic mass is 10.0. The number of hydrogen-bond acceptors (Lipinski definition) is 18. The molecule has 33 heteroatoms. The second kappa shape index (κ2) is 38.8. The number of imidazole rings is 1. The van der Waals surface area contributed by atoms with Crippen molar-refractivity contribution in [3.05, 3.63) is 54.1 Å². The smallest absolute Gasteiger partial charge is 0.326 e. The van der Waals surface area contributed by atoms with Crippen LogP contribution in [0.4, 0.5) is 0 Å². The van der Waals surface area contributed by atoms with Crippen molar-refractivity contribution in [2.45, 2.75) is 178 Å². The third-order valence-corrected chi connectivity index (χ3v) is 16.8. The van der Waals surface area contributed by atoms with Crippen LogP contribution in [0.15, 0.2) is 47.8 Å². The van der Waals surface area contributed by atoms with Gasteiger partial charge in [-0.3, -0.25) is 57.7 Å². The minimum absolute atomic E-state index is 0.0110. The highest BCUT2D eigenvalue weighted by Gasteiger charge is 2.44. The summed E-state index contributed by atoms with van der Waals surface area (Å²) in [5.74, 6) is -9.63. The van der Waals surface area contributed by atoms with Crippen LogP contribution in [0, 0.1) is 11.8 Å². The van der Waals surface area contributed by atoms with Crippen molar-refractivity contribution in [1.29, 1.82) is 0 Å². The molecule has 11 unspecified atom stereocenters. The summed E-state index contributed by atoms with van der Waals surface area (Å²) < 4.78 is 0. The number of aliphatic hydroxyl groups excluding tert-OH is 1. The summed E-state index contributed by atoms with van der Waals surface area (Å²) >= 11 is 5.57. The van der Waals surface area contributed by atoms with E-state index >= 15 is 0 Å². The number of aromatic amines is 1. The zero-order chi connectivity index (χ0) is 69.1. The molecule has 2 aromatic rings. The lowest BCUT2D eigenvalue weighted by molar-refractivity contribution is -0.150. The van der Waals surface area contributed by atoms with Crippen LogP contribution in [0.1, 0.15) is 110 Å². The number of nitrogens with two attached hydrogens (primary N) is 3. The summed E-state index contributed by atoms with van der Waals surface area (Å²) in [5, 5.41) is 46.8. The number of carbonyl (C=O) groups is 12. The highest BCUT2D eigenvalue weighted by Crippen LogP contribution is 2.25. The Labute approximate surface area is 550 Å². The van der Waals surface area contributed by atoms with Crippen molar-refractivity contribution in [2.24, 2.45) is 34.0 Å². The van der Waals surface area contributed by atoms with Crippen LogP contribution in [0.25, 0.3) is 0 Å². The number of nitrogens with one attached hydrogen (secondary N) is 8. The summed E-state index contributed by atoms with van der Waals surface area (Å²) in [6.45, 7) is 7.58. The molecule has 1 aromatic heterocycles. The molecule has 0 saturated carbocycles. The predicted octanol–water partition coefficient (Wildman–Crippen LogP) is -2.50. The summed E-state index contributed by atoms with van der Waals surface area (Å²) in [6, 6.07) is -4.55. The van der Waals surface area contributed by atoms with E-state index in [-0.39, 0.29) is 102 Å². The maximum Gasteiger partial charge on any atom is 0.326 e. The number of rotatable bonds is 34. The summed E-state index contributed by atoms with van der Waals surface area (Å²) in [7, 11) is 0. The van der Waals surface area contributed by atoms with Gasteiger partial charge in [0.05, 0.1) is 19.0 Å². The standard InChI is InChI=1S/C58H90N16O13S2.C2H4O2/c1-32(2)25-39(68-52(81)43-16-10-21-72(43)54(83)38(19-24-89-5)66-47(76)36(59)30-88)49(78)67-40(27-35-28-62-31-64-35)50(79)70-42(29-75)51(80)65-37(15-9-20-63-58(60)61)48(77)71-46(33(3)4)56(85)73-22-11-17-44(73)53(82)69-41(26-34-13-7-6-8-14-34)55(84)74-23-12-18-45(74)57(86)87;1-2(3)4/h6-8,13-14,28,31-33,36-46,75,88H,9-12,15-27,29-30,59H2,1-5H3,(H,62,64)(H,65,80)(H,66,76)(H,67,78)(H,68,81)(H,69,82)(H,70,79)(H,71,77)(H,86,87)(H4,60,61,63);1H3,(H,3,4). The van der Waals surface area contributed by atoms with Gasteiger partial charge in [0.1, 0.15) is 60.4 Å². The maximum atomic E-state index is 14.6. The highest BCUT2D eigenvalue weighted by molar-refractivity contribution is 7.98. The maximum absolute atomic E-state index is 14.6. The first-order chi connectivity index (χ1) is 44.1. The van der Waals surface area contributed by atoms with Gasteiger partial charge in [0.25, 0.3) is 5.97 Å². The van der Waals surface area contributed by atoms with E-state index < -0.39 is 150 Å². The molecule has 0 radical (unpaired) electrons. The molecule has 93 heavy (non-hydrogen) atoms. The van der Waals surface area contributed by atoms with Crippen LogP contribution in [0.2, 0.25) is 0 Å². The fourth-order valence-corrected chi connectivity index (χ4v) is 11.6. The number of amides is 10. The van der Waals surface area contributed by atoms with Gasteiger partial charge in [-0.1, -0.05) is 58.0 Å². The number of carboxylic acid groups (broad SMARTS) is 2. The van der Waals surface area contributed by atoms with Crippen molar-refractivity contribution >= 4 is 101 Å². The van der Waals surface area contributed by atoms with Gasteiger partial charge in [-0.2, -0.15) is 24.4 Å². The van der Waals surface area contributed by atoms with Gasteiger partial charge >= 0.3 is 5.97 Å². The number of aromatic nitrogens is 2. The number of likely N-dealkylation sites (tertiary alicyclic amines) is 3. The Kier molecular flexibility index (Phi) is 32.3. The number of aliphatic imine (C=N–C) groups is 1. The predicted molar refractivity (Wildman–Crippen MR) is 347 cm³/mol. The average Bonchev–Trinajstić information content (AvgIpc) is 1.81. The van der Waals surface area contributed by atoms with E-state index in [4.69, 9.17) is 27.1 Å². The molecule has 0 bridgehead atoms. The molecule has 5 rings (SSSR count). The molecule has 3 saturated heterocycles. The van der Waals surface area contributed by atoms with Gasteiger partial charge in [0.15, 0.2) is 5.96 Å². The fourth-order valence-electron chi connectivity index (χ4n) is 11.0. The second-order valence-corrected chi connectivity index (χ2v) is 25.2. The number of H-pyrrole nitrogens is 1. The molecule has 0 spiro atoms. The molecule has 11 atom stereocenters. The molecule has 516 valence electrons. The molecular weight excluding hydrogens is 1250 g/mol. The lowest BCUT2D eigenvalue weighted by Crippen LogP contribution is -2.61. The van der Waals surface area contributed by atoms with Crippen molar-refractivity contribution in [3.63, 3.8) is 0 Å². The number of carboxylic acids is 2. The third-order valence-electron chi connectivity index (χ3n) is 15.7. The number of thioether (sulfide) groups is 1. The molecule has 3 aliphatic heterocycles. The molecule has 0 aliphatic carbocycles. The van der Waals surface area contributed by atoms with E-state index in [2.05, 4.69) is 64.8 Å². The molecule has 1 aromatic carbocycles. The number of hydrogen-bond donors (Lipinski definition) is 15. The third kappa shape index (κ3) is 24.4. The number of aliphatic carboxylic acids is 2. The van der Waals surface area contributed by atoms with Gasteiger partial charge in [-0.05, 0) is 93.6 Å². The lowest BCUT2D eigenvalue weighted by Gasteiger charge is -2.33. The normalized spacial score (nSPS) is 18.6. The van der Waals surface area contributed by atoms with Crippen molar-refractivity contribution in [3.8, 4) is 0 Å². The molecule has 3 fully saturated rings. The number of guanidine groups is 1. The number of carbonyl (C=O) groups excluding carboxylic acids is 10. The Morgan fingerprint density at radius 1 is 0.667 bits per heavy atom. The van der Waals surface area contributed by atoms with Gasteiger partial charge in [-0.15, -0.1) is 0 Å². The number of aliphatic hydroxyl groups is 1. The Morgan fingerprint density at radius 3 is 1.70 bits per heavy atom. The first-order valence-electron chi connectivity index (χ1n) is 31.1. The molecule has 17 N–H and O–H groups in total. The van der Waals surface area contributed by atoms with Crippen molar-refractivity contribution in [1.82, 2.24) is 61.9 Å². The Morgan fingerprint density at radius 2 is 1.17 bits per heavy atom. The zero-order valence-corrected chi connectivity index (χ0v) is 55.3. The van der Waals surface area contributed by atoms with Crippen LogP contribution >= 0.6 is 24.4 Å². The summed E-state index contributed by atoms with van der Waals surface area (Å²) in [6.07, 6.45) is 6.82. The van der Waals surface area contributed by atoms with Gasteiger partial charge in [-0.25, -0.2) is 9.78 Å². The Hall–Kier alpha value is -8.04. The molecule has 10 amide bonds. The van der Waals surface area contributed by atoms with Crippen LogP contribution in [0.3, 0.4) is 0 Å². The van der Waals surface area contributed by atoms with Crippen LogP contribution in [0.5, 0.6) is 0 Å².